The first-order valence-corrected chi connectivity index (χ1v) is 27.4. The molecule has 8 aromatic carbocycles. The molecule has 2 nitrogen and oxygen atoms in total. The molecule has 9 rings (SSSR count). The third-order valence-electron chi connectivity index (χ3n) is 12.5. The first-order valence-electron chi connectivity index (χ1n) is 20.4. The lowest BCUT2D eigenvalue weighted by Crippen LogP contribution is -2.63. The van der Waals surface area contributed by atoms with Crippen molar-refractivity contribution in [3.63, 3.8) is 0 Å². The van der Waals surface area contributed by atoms with Gasteiger partial charge in [-0.15, -0.1) is 0 Å². The molecule has 0 unspecified atom stereocenters. The van der Waals surface area contributed by atoms with Crippen LogP contribution < -0.4 is 9.80 Å². The monoisotopic (exact) mass is 772 g/mol. The maximum atomic E-state index is 2.63. The number of anilines is 6. The minimum Gasteiger partial charge on any atom is -0.310 e. The fourth-order valence-corrected chi connectivity index (χ4v) is 23.6. The highest BCUT2D eigenvalue weighted by Crippen LogP contribution is 2.60. The molecule has 57 heavy (non-hydrogen) atoms. The molecule has 8 aromatic rings. The average molecular weight is 773 g/mol. The maximum absolute atomic E-state index is 2.63. The molecule has 4 heteroatoms. The highest BCUT2D eigenvalue weighted by Gasteiger charge is 2.59. The molecule has 1 aliphatic carbocycles. The van der Waals surface area contributed by atoms with Crippen molar-refractivity contribution in [3.8, 4) is 11.1 Å². The van der Waals surface area contributed by atoms with Gasteiger partial charge >= 0.3 is 0 Å². The van der Waals surface area contributed by atoms with Crippen molar-refractivity contribution < 1.29 is 0 Å². The fraction of sp³-hybridized carbons (Fsp3) is 0.170. The van der Waals surface area contributed by atoms with Crippen LogP contribution in [0.25, 0.3) is 32.7 Å². The Kier molecular flexibility index (Phi) is 8.91. The van der Waals surface area contributed by atoms with Crippen molar-refractivity contribution in [3.05, 3.63) is 192 Å². The molecule has 282 valence electrons. The predicted octanol–water partition coefficient (Wildman–Crippen LogP) is 15.6. The minimum absolute atomic E-state index is 0.0137. The summed E-state index contributed by atoms with van der Waals surface area (Å²) in [6.07, 6.45) is 0. The van der Waals surface area contributed by atoms with Crippen LogP contribution in [0.15, 0.2) is 170 Å². The second-order valence-electron chi connectivity index (χ2n) is 18.0. The Bertz CT molecular complexity index is 2780. The Hall–Kier alpha value is -5.69. The Balaban J connectivity index is 1.27. The smallest absolute Gasteiger partial charge is 0.0579 e. The van der Waals surface area contributed by atoms with E-state index in [2.05, 4.69) is 233 Å². The van der Waals surface area contributed by atoms with Gasteiger partial charge in [0.1, 0.15) is 0 Å². The van der Waals surface area contributed by atoms with Crippen molar-refractivity contribution in [1.82, 2.24) is 0 Å². The number of nitrogens with zero attached hydrogens (tertiary/aromatic N) is 2. The lowest BCUT2D eigenvalue weighted by Gasteiger charge is -2.51. The van der Waals surface area contributed by atoms with E-state index in [1.165, 1.54) is 66.5 Å². The largest absolute Gasteiger partial charge is 0.310 e. The molecule has 0 amide bonds. The quantitative estimate of drug-likeness (QED) is 0.142. The first-order chi connectivity index (χ1) is 27.4. The van der Waals surface area contributed by atoms with E-state index in [0.29, 0.717) is 0 Å². The Morgan fingerprint density at radius 2 is 0.860 bits per heavy atom. The first kappa shape index (κ1) is 36.9. The summed E-state index contributed by atoms with van der Waals surface area (Å²) in [7, 11) is -3.94. The van der Waals surface area contributed by atoms with Crippen LogP contribution in [-0.4, -0.2) is 16.1 Å². The number of rotatable bonds is 8. The van der Waals surface area contributed by atoms with Gasteiger partial charge in [0.05, 0.1) is 16.1 Å². The SMILES string of the molecule is Cc1ccccc1N(c1ccccc1)c1ccc2cc3c(cc2c1)C([Si](C)(C)C)([Si](C)(C)C)c1c-3ccc2cc(N(c3ccccc3)c3ccccc3C)ccc12. The number of hydrogen-bond acceptors (Lipinski definition) is 2. The van der Waals surface area contributed by atoms with E-state index < -0.39 is 16.1 Å². The second-order valence-corrected chi connectivity index (χ2v) is 29.0. The lowest BCUT2D eigenvalue weighted by atomic mass is 9.97. The molecule has 0 atom stereocenters. The van der Waals surface area contributed by atoms with Crippen LogP contribution in [-0.2, 0) is 4.66 Å². The Morgan fingerprint density at radius 1 is 0.386 bits per heavy atom. The maximum Gasteiger partial charge on any atom is 0.0579 e. The molecular weight excluding hydrogens is 721 g/mol. The molecule has 0 aromatic heterocycles. The van der Waals surface area contributed by atoms with E-state index in [-0.39, 0.29) is 4.66 Å². The highest BCUT2D eigenvalue weighted by molar-refractivity contribution is 7.00. The van der Waals surface area contributed by atoms with Crippen LogP contribution >= 0.6 is 0 Å². The summed E-state index contributed by atoms with van der Waals surface area (Å²) < 4.78 is -0.0137. The van der Waals surface area contributed by atoms with Crippen LogP contribution in [0.2, 0.25) is 39.3 Å². The van der Waals surface area contributed by atoms with Crippen molar-refractivity contribution in [2.24, 2.45) is 0 Å². The van der Waals surface area contributed by atoms with Crippen LogP contribution in [0.5, 0.6) is 0 Å². The zero-order chi connectivity index (χ0) is 39.7. The van der Waals surface area contributed by atoms with Crippen LogP contribution in [0, 0.1) is 13.8 Å². The van der Waals surface area contributed by atoms with Gasteiger partial charge < -0.3 is 9.80 Å². The number of fused-ring (bicyclic) bond motifs is 6. The zero-order valence-electron chi connectivity index (χ0n) is 34.6. The van der Waals surface area contributed by atoms with Gasteiger partial charge in [0.15, 0.2) is 0 Å². The molecular formula is C53H52N2Si2. The standard InChI is InChI=1S/C53H52N2Si2/c1-37-19-15-17-25-50(37)54(42-21-11-9-12-22-42)44-29-27-39-35-48-47-31-28-40-33-45(55(43-23-13-10-14-24-43)51-26-18-16-20-38(51)2)30-32-46(40)52(47)53(56(3,4)5,57(6,7)8)49(48)36-41(39)34-44/h9-36H,1-8H3. The number of aryl methyl sites for hydroxylation is 2. The number of hydrogen-bond donors (Lipinski definition) is 0. The van der Waals surface area contributed by atoms with Crippen LogP contribution in [0.4, 0.5) is 34.1 Å². The molecule has 0 N–H and O–H groups in total. The minimum atomic E-state index is -1.97. The summed E-state index contributed by atoms with van der Waals surface area (Å²) in [4.78, 5) is 4.84. The molecule has 0 radical (unpaired) electrons. The summed E-state index contributed by atoms with van der Waals surface area (Å²) in [6.45, 7) is 20.2. The summed E-state index contributed by atoms with van der Waals surface area (Å²) in [5, 5.41) is 5.29. The highest BCUT2D eigenvalue weighted by atomic mass is 28.4. The molecule has 0 saturated carbocycles. The van der Waals surface area contributed by atoms with Crippen molar-refractivity contribution in [1.29, 1.82) is 0 Å². The van der Waals surface area contributed by atoms with E-state index in [1.807, 2.05) is 0 Å². The van der Waals surface area contributed by atoms with Gasteiger partial charge in [-0.25, -0.2) is 0 Å². The normalized spacial score (nSPS) is 13.4. The molecule has 0 fully saturated rings. The van der Waals surface area contributed by atoms with Gasteiger partial charge in [-0.3, -0.25) is 0 Å². The molecule has 0 bridgehead atoms. The third-order valence-corrected chi connectivity index (χ3v) is 22.6. The van der Waals surface area contributed by atoms with Crippen molar-refractivity contribution in [2.45, 2.75) is 57.8 Å². The number of benzene rings is 8. The van der Waals surface area contributed by atoms with Gasteiger partial charge in [0, 0.05) is 38.8 Å². The van der Waals surface area contributed by atoms with Crippen LogP contribution in [0.1, 0.15) is 22.3 Å². The van der Waals surface area contributed by atoms with Crippen molar-refractivity contribution in [2.75, 3.05) is 9.80 Å². The zero-order valence-corrected chi connectivity index (χ0v) is 36.6. The predicted molar refractivity (Wildman–Crippen MR) is 253 cm³/mol. The van der Waals surface area contributed by atoms with Gasteiger partial charge in [-0.1, -0.05) is 142 Å². The summed E-state index contributed by atoms with van der Waals surface area (Å²) in [6, 6.07) is 63.4. The van der Waals surface area contributed by atoms with E-state index >= 15 is 0 Å². The summed E-state index contributed by atoms with van der Waals surface area (Å²) >= 11 is 0. The fourth-order valence-electron chi connectivity index (χ4n) is 10.5. The molecule has 0 saturated heterocycles. The summed E-state index contributed by atoms with van der Waals surface area (Å²) in [5.74, 6) is 0. The molecule has 0 aliphatic heterocycles. The van der Waals surface area contributed by atoms with Gasteiger partial charge in [0.25, 0.3) is 0 Å². The van der Waals surface area contributed by atoms with Crippen LogP contribution in [0.3, 0.4) is 0 Å². The van der Waals surface area contributed by atoms with E-state index in [1.54, 1.807) is 11.1 Å². The van der Waals surface area contributed by atoms with Gasteiger partial charge in [0.2, 0.25) is 0 Å². The second kappa shape index (κ2) is 13.8. The number of para-hydroxylation sites is 4. The van der Waals surface area contributed by atoms with E-state index in [4.69, 9.17) is 0 Å². The molecule has 1 aliphatic rings. The van der Waals surface area contributed by atoms with E-state index in [0.717, 1.165) is 11.4 Å². The molecule has 0 heterocycles. The molecule has 0 spiro atoms. The van der Waals surface area contributed by atoms with Gasteiger partial charge in [-0.05, 0) is 136 Å². The average Bonchev–Trinajstić information content (AvgIpc) is 3.51. The topological polar surface area (TPSA) is 6.48 Å². The van der Waals surface area contributed by atoms with Gasteiger partial charge in [-0.2, -0.15) is 0 Å². The van der Waals surface area contributed by atoms with Crippen molar-refractivity contribution >= 4 is 71.8 Å². The lowest BCUT2D eigenvalue weighted by molar-refractivity contribution is 0.964. The third kappa shape index (κ3) is 5.88. The van der Waals surface area contributed by atoms with E-state index in [9.17, 15) is 0 Å². The Labute approximate surface area is 341 Å². The summed E-state index contributed by atoms with van der Waals surface area (Å²) in [5.41, 5.74) is 15.6. The Morgan fingerprint density at radius 3 is 1.39 bits per heavy atom.